The average molecular weight is 366 g/mol. The molecule has 6 nitrogen and oxygen atoms in total. The molecule has 3 heterocycles. The second-order valence-electron chi connectivity index (χ2n) is 6.21. The Kier molecular flexibility index (Phi) is 4.08. The number of nitrogens with one attached hydrogen (secondary N) is 1. The summed E-state index contributed by atoms with van der Waals surface area (Å²) in [6.45, 7) is 4.21. The third-order valence-corrected chi connectivity index (χ3v) is 5.33. The summed E-state index contributed by atoms with van der Waals surface area (Å²) in [6.07, 6.45) is 0. The number of hydrogen-bond donors (Lipinski definition) is 1. The fourth-order valence-corrected chi connectivity index (χ4v) is 3.88. The maximum absolute atomic E-state index is 12.8. The van der Waals surface area contributed by atoms with Gasteiger partial charge in [0, 0.05) is 22.0 Å². The molecule has 1 N–H and O–H groups in total. The first-order valence-corrected chi connectivity index (χ1v) is 9.24. The molecule has 132 valence electrons. The number of nitrogens with zero attached hydrogens (tertiary/aromatic N) is 3. The van der Waals surface area contributed by atoms with E-state index in [0.29, 0.717) is 12.2 Å². The van der Waals surface area contributed by atoms with Gasteiger partial charge in [0.05, 0.1) is 12.1 Å². The number of benzene rings is 1. The molecule has 0 radical (unpaired) electrons. The number of rotatable bonds is 4. The number of aromatic nitrogens is 3. The molecule has 0 aliphatic heterocycles. The van der Waals surface area contributed by atoms with E-state index < -0.39 is 6.04 Å². The third-order valence-electron chi connectivity index (χ3n) is 4.45. The van der Waals surface area contributed by atoms with E-state index in [1.165, 1.54) is 6.07 Å². The maximum atomic E-state index is 12.8. The number of carbonyl (C=O) groups excluding carboxylic acids is 1. The van der Waals surface area contributed by atoms with Gasteiger partial charge in [-0.15, -0.1) is 11.3 Å². The van der Waals surface area contributed by atoms with Gasteiger partial charge >= 0.3 is 0 Å². The minimum atomic E-state index is -0.458. The summed E-state index contributed by atoms with van der Waals surface area (Å²) >= 11 is 1.61. The average Bonchev–Trinajstić information content (AvgIpc) is 3.25. The monoisotopic (exact) mass is 366 g/mol. The predicted molar refractivity (Wildman–Crippen MR) is 103 cm³/mol. The number of amides is 1. The first kappa shape index (κ1) is 16.5. The maximum Gasteiger partial charge on any atom is 0.273 e. The minimum Gasteiger partial charge on any atom is -0.349 e. The summed E-state index contributed by atoms with van der Waals surface area (Å²) in [5.74, 6) is -0.0841. The lowest BCUT2D eigenvalue weighted by Crippen LogP contribution is -2.32. The fourth-order valence-electron chi connectivity index (χ4n) is 3.24. The van der Waals surface area contributed by atoms with Crippen molar-refractivity contribution in [1.82, 2.24) is 19.5 Å². The number of para-hydroxylation sites is 1. The Balaban J connectivity index is 1.81. The van der Waals surface area contributed by atoms with Crippen molar-refractivity contribution in [3.05, 3.63) is 68.8 Å². The lowest BCUT2D eigenvalue weighted by Gasteiger charge is -2.18. The summed E-state index contributed by atoms with van der Waals surface area (Å²) < 4.78 is 3.75. The summed E-state index contributed by atoms with van der Waals surface area (Å²) in [7, 11) is 0. The van der Waals surface area contributed by atoms with Crippen LogP contribution in [-0.4, -0.2) is 20.1 Å². The van der Waals surface area contributed by atoms with Crippen LogP contribution in [0.2, 0.25) is 0 Å². The van der Waals surface area contributed by atoms with Crippen molar-refractivity contribution in [1.29, 1.82) is 0 Å². The molecule has 4 aromatic rings. The zero-order valence-corrected chi connectivity index (χ0v) is 15.3. The molecule has 4 rings (SSSR count). The molecule has 1 atom stereocenters. The number of hydrogen-bond acceptors (Lipinski definition) is 4. The van der Waals surface area contributed by atoms with Crippen molar-refractivity contribution in [2.45, 2.75) is 26.4 Å². The van der Waals surface area contributed by atoms with Crippen LogP contribution in [0.15, 0.2) is 52.6 Å². The van der Waals surface area contributed by atoms with E-state index in [4.69, 9.17) is 0 Å². The van der Waals surface area contributed by atoms with Crippen molar-refractivity contribution in [3.8, 4) is 0 Å². The molecular formula is C19H18N4O2S. The van der Waals surface area contributed by atoms with Gasteiger partial charge in [0.1, 0.15) is 6.04 Å². The number of thiophene rings is 1. The summed E-state index contributed by atoms with van der Waals surface area (Å²) in [6, 6.07) is 12.7. The lowest BCUT2D eigenvalue weighted by molar-refractivity contribution is -0.124. The van der Waals surface area contributed by atoms with Gasteiger partial charge in [0.25, 0.3) is 5.56 Å². The molecule has 0 bridgehead atoms. The van der Waals surface area contributed by atoms with Crippen LogP contribution in [0.3, 0.4) is 0 Å². The molecule has 26 heavy (non-hydrogen) atoms. The Morgan fingerprint density at radius 1 is 1.27 bits per heavy atom. The number of carbonyl (C=O) groups is 1. The minimum absolute atomic E-state index is 0.0841. The van der Waals surface area contributed by atoms with Gasteiger partial charge in [-0.05, 0) is 37.4 Å². The summed E-state index contributed by atoms with van der Waals surface area (Å²) in [5.41, 5.74) is 1.91. The molecule has 1 amide bonds. The molecule has 0 aliphatic carbocycles. The zero-order valence-electron chi connectivity index (χ0n) is 14.5. The first-order valence-electron chi connectivity index (χ1n) is 8.36. The van der Waals surface area contributed by atoms with Crippen LogP contribution in [0.25, 0.3) is 16.6 Å². The molecule has 0 saturated carbocycles. The van der Waals surface area contributed by atoms with Gasteiger partial charge in [-0.25, -0.2) is 4.52 Å². The van der Waals surface area contributed by atoms with Crippen molar-refractivity contribution in [2.24, 2.45) is 0 Å². The van der Waals surface area contributed by atoms with E-state index in [1.54, 1.807) is 11.3 Å². The van der Waals surface area contributed by atoms with E-state index >= 15 is 0 Å². The predicted octanol–water partition coefficient (Wildman–Crippen LogP) is 2.90. The Hall–Kier alpha value is -2.93. The smallest absolute Gasteiger partial charge is 0.273 e. The Labute approximate surface area is 153 Å². The van der Waals surface area contributed by atoms with Crippen LogP contribution in [0.1, 0.15) is 23.5 Å². The van der Waals surface area contributed by atoms with Crippen LogP contribution in [0.5, 0.6) is 0 Å². The van der Waals surface area contributed by atoms with Crippen LogP contribution in [-0.2, 0) is 11.3 Å². The van der Waals surface area contributed by atoms with Crippen LogP contribution < -0.4 is 10.9 Å². The zero-order chi connectivity index (χ0) is 18.3. The molecule has 7 heteroatoms. The molecule has 3 aromatic heterocycles. The van der Waals surface area contributed by atoms with Gasteiger partial charge in [0.15, 0.2) is 5.65 Å². The second-order valence-corrected chi connectivity index (χ2v) is 7.24. The Morgan fingerprint density at radius 3 is 2.85 bits per heavy atom. The van der Waals surface area contributed by atoms with Crippen LogP contribution >= 0.6 is 11.3 Å². The number of fused-ring (bicyclic) bond motifs is 3. The Bertz CT molecular complexity index is 1160. The van der Waals surface area contributed by atoms with Gasteiger partial charge in [-0.3, -0.25) is 14.3 Å². The highest BCUT2D eigenvalue weighted by Gasteiger charge is 2.22. The number of aryl methyl sites for hydroxylation is 1. The highest BCUT2D eigenvalue weighted by atomic mass is 32.1. The lowest BCUT2D eigenvalue weighted by atomic mass is 10.2. The van der Waals surface area contributed by atoms with E-state index in [9.17, 15) is 9.59 Å². The molecular weight excluding hydrogens is 348 g/mol. The highest BCUT2D eigenvalue weighted by Crippen LogP contribution is 2.25. The molecule has 0 aliphatic rings. The highest BCUT2D eigenvalue weighted by molar-refractivity contribution is 7.09. The molecule has 0 spiro atoms. The topological polar surface area (TPSA) is 68.4 Å². The molecule has 1 unspecified atom stereocenters. The molecule has 0 saturated heterocycles. The van der Waals surface area contributed by atoms with E-state index in [2.05, 4.69) is 10.3 Å². The summed E-state index contributed by atoms with van der Waals surface area (Å²) in [5, 5.41) is 5.83. The fraction of sp³-hybridized carbons (Fsp3) is 0.211. The standard InChI is InChI=1S/C19H18N4O2S/c1-12-10-17(24)21-18-15-7-3-4-8-16(15)23(22(12)18)13(2)19(25)20-11-14-6-5-9-26-14/h3-10,13H,11H2,1-2H3,(H,20,25). The van der Waals surface area contributed by atoms with Crippen molar-refractivity contribution in [2.75, 3.05) is 0 Å². The normalized spacial score (nSPS) is 12.5. The van der Waals surface area contributed by atoms with Crippen molar-refractivity contribution in [3.63, 3.8) is 0 Å². The summed E-state index contributed by atoms with van der Waals surface area (Å²) in [4.78, 5) is 29.9. The van der Waals surface area contributed by atoms with Crippen molar-refractivity contribution < 1.29 is 4.79 Å². The van der Waals surface area contributed by atoms with E-state index in [-0.39, 0.29) is 11.5 Å². The van der Waals surface area contributed by atoms with E-state index in [0.717, 1.165) is 21.5 Å². The Morgan fingerprint density at radius 2 is 2.08 bits per heavy atom. The molecule has 0 fully saturated rings. The van der Waals surface area contributed by atoms with Gasteiger partial charge in [0.2, 0.25) is 5.91 Å². The van der Waals surface area contributed by atoms with Crippen LogP contribution in [0, 0.1) is 6.92 Å². The first-order chi connectivity index (χ1) is 12.6. The quantitative estimate of drug-likeness (QED) is 0.604. The van der Waals surface area contributed by atoms with Crippen LogP contribution in [0.4, 0.5) is 0 Å². The largest absolute Gasteiger partial charge is 0.349 e. The van der Waals surface area contributed by atoms with Gasteiger partial charge < -0.3 is 5.32 Å². The van der Waals surface area contributed by atoms with Gasteiger partial charge in [-0.2, -0.15) is 4.98 Å². The third kappa shape index (κ3) is 2.70. The molecule has 1 aromatic carbocycles. The SMILES string of the molecule is Cc1cc(=O)nc2c3ccccc3n(C(C)C(=O)NCc3cccs3)n12. The second kappa shape index (κ2) is 6.42. The van der Waals surface area contributed by atoms with Gasteiger partial charge in [-0.1, -0.05) is 18.2 Å². The van der Waals surface area contributed by atoms with E-state index in [1.807, 2.05) is 64.8 Å². The van der Waals surface area contributed by atoms with Crippen molar-refractivity contribution >= 4 is 33.8 Å².